The van der Waals surface area contributed by atoms with E-state index in [0.717, 1.165) is 4.47 Å². The van der Waals surface area contributed by atoms with Gasteiger partial charge in [0.15, 0.2) is 0 Å². The van der Waals surface area contributed by atoms with Crippen LogP contribution in [0.25, 0.3) is 0 Å². The van der Waals surface area contributed by atoms with E-state index in [0.29, 0.717) is 13.1 Å². The topological polar surface area (TPSA) is 64.0 Å². The molecule has 0 aliphatic rings. The van der Waals surface area contributed by atoms with Crippen LogP contribution in [0.4, 0.5) is 0 Å². The minimum Gasteiger partial charge on any atom is -0.336 e. The van der Waals surface area contributed by atoms with E-state index in [4.69, 9.17) is 0 Å². The first-order valence-corrected chi connectivity index (χ1v) is 7.56. The molecule has 2 aromatic rings. The SMILES string of the molecule is O=S(=O)(NCCn1ccnc1)c1cccc(Br)c1. The van der Waals surface area contributed by atoms with E-state index in [1.165, 1.54) is 0 Å². The number of nitrogens with zero attached hydrogens (tertiary/aromatic N) is 2. The first-order chi connectivity index (χ1) is 8.58. The smallest absolute Gasteiger partial charge is 0.240 e. The Morgan fingerprint density at radius 3 is 2.89 bits per heavy atom. The summed E-state index contributed by atoms with van der Waals surface area (Å²) in [6.07, 6.45) is 5.09. The standard InChI is InChI=1S/C11H12BrN3O2S/c12-10-2-1-3-11(8-10)18(16,17)14-5-7-15-6-4-13-9-15/h1-4,6,8-9,14H,5,7H2. The molecule has 0 aliphatic heterocycles. The van der Waals surface area contributed by atoms with E-state index in [9.17, 15) is 8.42 Å². The average molecular weight is 330 g/mol. The fourth-order valence-electron chi connectivity index (χ4n) is 1.45. The third kappa shape index (κ3) is 3.41. The lowest BCUT2D eigenvalue weighted by molar-refractivity contribution is 0.572. The Hall–Kier alpha value is -1.18. The van der Waals surface area contributed by atoms with Crippen molar-refractivity contribution in [3.05, 3.63) is 47.5 Å². The van der Waals surface area contributed by atoms with Gasteiger partial charge in [0.25, 0.3) is 0 Å². The Kier molecular flexibility index (Phi) is 4.15. The van der Waals surface area contributed by atoms with Gasteiger partial charge in [-0.2, -0.15) is 0 Å². The van der Waals surface area contributed by atoms with Gasteiger partial charge in [-0.15, -0.1) is 0 Å². The Morgan fingerprint density at radius 1 is 1.39 bits per heavy atom. The summed E-state index contributed by atoms with van der Waals surface area (Å²) in [7, 11) is -3.45. The van der Waals surface area contributed by atoms with Crippen LogP contribution >= 0.6 is 15.9 Å². The van der Waals surface area contributed by atoms with Crippen molar-refractivity contribution in [2.75, 3.05) is 6.54 Å². The summed E-state index contributed by atoms with van der Waals surface area (Å²) >= 11 is 3.25. The third-order valence-corrected chi connectivity index (χ3v) is 4.28. The molecule has 96 valence electrons. The van der Waals surface area contributed by atoms with E-state index in [-0.39, 0.29) is 4.90 Å². The maximum atomic E-state index is 12.0. The van der Waals surface area contributed by atoms with Crippen molar-refractivity contribution < 1.29 is 8.42 Å². The second kappa shape index (κ2) is 5.64. The number of nitrogens with one attached hydrogen (secondary N) is 1. The van der Waals surface area contributed by atoms with Crippen LogP contribution in [-0.4, -0.2) is 24.5 Å². The summed E-state index contributed by atoms with van der Waals surface area (Å²) < 4.78 is 29.0. The number of hydrogen-bond donors (Lipinski definition) is 1. The molecule has 1 N–H and O–H groups in total. The normalized spacial score (nSPS) is 11.6. The van der Waals surface area contributed by atoms with Crippen LogP contribution in [0.5, 0.6) is 0 Å². The summed E-state index contributed by atoms with van der Waals surface area (Å²) in [5, 5.41) is 0. The van der Waals surface area contributed by atoms with Crippen LogP contribution in [0.1, 0.15) is 0 Å². The summed E-state index contributed by atoms with van der Waals surface area (Å²) in [6, 6.07) is 6.60. The number of aromatic nitrogens is 2. The fraction of sp³-hybridized carbons (Fsp3) is 0.182. The predicted octanol–water partition coefficient (Wildman–Crippen LogP) is 1.62. The van der Waals surface area contributed by atoms with Crippen molar-refractivity contribution in [3.63, 3.8) is 0 Å². The van der Waals surface area contributed by atoms with Crippen LogP contribution in [-0.2, 0) is 16.6 Å². The maximum Gasteiger partial charge on any atom is 0.240 e. The highest BCUT2D eigenvalue weighted by atomic mass is 79.9. The van der Waals surface area contributed by atoms with E-state index in [1.54, 1.807) is 43.0 Å². The molecule has 7 heteroatoms. The second-order valence-electron chi connectivity index (χ2n) is 3.66. The second-order valence-corrected chi connectivity index (χ2v) is 6.34. The molecule has 18 heavy (non-hydrogen) atoms. The number of imidazole rings is 1. The fourth-order valence-corrected chi connectivity index (χ4v) is 3.06. The third-order valence-electron chi connectivity index (χ3n) is 2.33. The quantitative estimate of drug-likeness (QED) is 0.906. The van der Waals surface area contributed by atoms with E-state index >= 15 is 0 Å². The lowest BCUT2D eigenvalue weighted by Crippen LogP contribution is -2.27. The molecule has 0 radical (unpaired) electrons. The molecule has 0 amide bonds. The highest BCUT2D eigenvalue weighted by Crippen LogP contribution is 2.15. The van der Waals surface area contributed by atoms with Gasteiger partial charge in [-0.1, -0.05) is 22.0 Å². The number of rotatable bonds is 5. The van der Waals surface area contributed by atoms with Crippen molar-refractivity contribution in [3.8, 4) is 0 Å². The molecule has 0 aliphatic carbocycles. The van der Waals surface area contributed by atoms with Gasteiger partial charge in [0.2, 0.25) is 10.0 Å². The molecule has 0 unspecified atom stereocenters. The summed E-state index contributed by atoms with van der Waals surface area (Å²) in [5.41, 5.74) is 0. The Bertz CT molecular complexity index is 611. The van der Waals surface area contributed by atoms with Crippen molar-refractivity contribution in [2.45, 2.75) is 11.4 Å². The molecule has 0 saturated heterocycles. The number of benzene rings is 1. The van der Waals surface area contributed by atoms with Gasteiger partial charge in [0, 0.05) is 30.0 Å². The van der Waals surface area contributed by atoms with Crippen LogP contribution in [0.15, 0.2) is 52.4 Å². The predicted molar refractivity (Wildman–Crippen MR) is 71.6 cm³/mol. The first-order valence-electron chi connectivity index (χ1n) is 5.29. The average Bonchev–Trinajstić information content (AvgIpc) is 2.82. The van der Waals surface area contributed by atoms with Gasteiger partial charge < -0.3 is 4.57 Å². The molecule has 0 bridgehead atoms. The molecular weight excluding hydrogens is 318 g/mol. The minimum atomic E-state index is -3.45. The van der Waals surface area contributed by atoms with E-state index in [1.807, 2.05) is 4.57 Å². The molecular formula is C11H12BrN3O2S. The largest absolute Gasteiger partial charge is 0.336 e. The molecule has 1 aromatic carbocycles. The number of hydrogen-bond acceptors (Lipinski definition) is 3. The highest BCUT2D eigenvalue weighted by molar-refractivity contribution is 9.10. The molecule has 0 atom stereocenters. The molecule has 1 heterocycles. The summed E-state index contributed by atoms with van der Waals surface area (Å²) in [4.78, 5) is 4.14. The van der Waals surface area contributed by atoms with Crippen LogP contribution in [0.3, 0.4) is 0 Å². The van der Waals surface area contributed by atoms with Gasteiger partial charge in [0.05, 0.1) is 11.2 Å². The zero-order valence-electron chi connectivity index (χ0n) is 9.45. The van der Waals surface area contributed by atoms with E-state index in [2.05, 4.69) is 25.6 Å². The molecule has 0 fully saturated rings. The number of sulfonamides is 1. The molecule has 0 saturated carbocycles. The molecule has 1 aromatic heterocycles. The molecule has 2 rings (SSSR count). The van der Waals surface area contributed by atoms with Crippen molar-refractivity contribution in [1.29, 1.82) is 0 Å². The minimum absolute atomic E-state index is 0.252. The monoisotopic (exact) mass is 329 g/mol. The highest BCUT2D eigenvalue weighted by Gasteiger charge is 2.13. The number of halogens is 1. The van der Waals surface area contributed by atoms with Crippen molar-refractivity contribution >= 4 is 26.0 Å². The van der Waals surface area contributed by atoms with Gasteiger partial charge in [-0.05, 0) is 18.2 Å². The maximum absolute atomic E-state index is 12.0. The van der Waals surface area contributed by atoms with Crippen LogP contribution in [0.2, 0.25) is 0 Å². The van der Waals surface area contributed by atoms with Gasteiger partial charge in [-0.25, -0.2) is 18.1 Å². The Morgan fingerprint density at radius 2 is 2.22 bits per heavy atom. The zero-order chi connectivity index (χ0) is 13.0. The van der Waals surface area contributed by atoms with Crippen molar-refractivity contribution in [1.82, 2.24) is 14.3 Å². The van der Waals surface area contributed by atoms with E-state index < -0.39 is 10.0 Å². The zero-order valence-corrected chi connectivity index (χ0v) is 11.9. The van der Waals surface area contributed by atoms with Gasteiger partial charge >= 0.3 is 0 Å². The molecule has 5 nitrogen and oxygen atoms in total. The van der Waals surface area contributed by atoms with Crippen LogP contribution in [0, 0.1) is 0 Å². The van der Waals surface area contributed by atoms with Crippen molar-refractivity contribution in [2.24, 2.45) is 0 Å². The summed E-state index contributed by atoms with van der Waals surface area (Å²) in [5.74, 6) is 0. The Labute approximate surface area is 114 Å². The Balaban J connectivity index is 1.99. The first kappa shape index (κ1) is 13.3. The van der Waals surface area contributed by atoms with Crippen LogP contribution < -0.4 is 4.72 Å². The van der Waals surface area contributed by atoms with Gasteiger partial charge in [-0.3, -0.25) is 0 Å². The lowest BCUT2D eigenvalue weighted by atomic mass is 10.4. The van der Waals surface area contributed by atoms with Gasteiger partial charge in [0.1, 0.15) is 0 Å². The lowest BCUT2D eigenvalue weighted by Gasteiger charge is -2.07. The summed E-state index contributed by atoms with van der Waals surface area (Å²) in [6.45, 7) is 0.873. The molecule has 0 spiro atoms.